The summed E-state index contributed by atoms with van der Waals surface area (Å²) in [4.78, 5) is 21.9. The average Bonchev–Trinajstić information content (AvgIpc) is 2.10. The molecule has 0 radical (unpaired) electrons. The van der Waals surface area contributed by atoms with Crippen molar-refractivity contribution in [1.29, 1.82) is 0 Å². The second-order valence-corrected chi connectivity index (χ2v) is 2.64. The van der Waals surface area contributed by atoms with Gasteiger partial charge >= 0.3 is 0 Å². The molecule has 0 amide bonds. The van der Waals surface area contributed by atoms with Crippen molar-refractivity contribution in [2.24, 2.45) is 0 Å². The molecule has 1 rings (SSSR count). The van der Waals surface area contributed by atoms with E-state index in [0.29, 0.717) is 13.2 Å². The van der Waals surface area contributed by atoms with E-state index < -0.39 is 17.9 Å². The van der Waals surface area contributed by atoms with Gasteiger partial charge in [-0.3, -0.25) is 9.59 Å². The van der Waals surface area contributed by atoms with Gasteiger partial charge in [0.1, 0.15) is 12.1 Å². The Hall–Kier alpha value is -0.740. The Balaban J connectivity index is 2.49. The summed E-state index contributed by atoms with van der Waals surface area (Å²) in [6.07, 6.45) is -0.539. The molecule has 0 aromatic rings. The lowest BCUT2D eigenvalue weighted by atomic mass is 9.85. The summed E-state index contributed by atoms with van der Waals surface area (Å²) in [5, 5.41) is 2.90. The molecule has 0 bridgehead atoms. The van der Waals surface area contributed by atoms with E-state index >= 15 is 0 Å². The lowest BCUT2D eigenvalue weighted by molar-refractivity contribution is -0.158. The minimum atomic E-state index is -0.539. The quantitative estimate of drug-likeness (QED) is 0.580. The van der Waals surface area contributed by atoms with Crippen LogP contribution in [0.5, 0.6) is 0 Å². The van der Waals surface area contributed by atoms with E-state index in [4.69, 9.17) is 4.74 Å². The van der Waals surface area contributed by atoms with Gasteiger partial charge in [-0.05, 0) is 13.5 Å². The topological polar surface area (TPSA) is 55.4 Å². The third-order valence-corrected chi connectivity index (χ3v) is 1.86. The number of hydrogen-bond acceptors (Lipinski definition) is 4. The molecule has 2 unspecified atom stereocenters. The molecule has 4 heteroatoms. The van der Waals surface area contributed by atoms with Crippen molar-refractivity contribution in [3.8, 4) is 0 Å². The van der Waals surface area contributed by atoms with Crippen LogP contribution >= 0.6 is 0 Å². The van der Waals surface area contributed by atoms with Crippen LogP contribution in [0, 0.1) is 0 Å². The highest BCUT2D eigenvalue weighted by atomic mass is 16.5. The smallest absolute Gasteiger partial charge is 0.230 e. The van der Waals surface area contributed by atoms with Crippen molar-refractivity contribution in [3.63, 3.8) is 0 Å². The predicted octanol–water partition coefficient (Wildman–Crippen LogP) is -0.479. The summed E-state index contributed by atoms with van der Waals surface area (Å²) < 4.78 is 5.09. The van der Waals surface area contributed by atoms with Gasteiger partial charge in [0.05, 0.1) is 0 Å². The highest BCUT2D eigenvalue weighted by Gasteiger charge is 2.49. The summed E-state index contributed by atoms with van der Waals surface area (Å²) in [5.74, 6) is -0.752. The molecule has 68 valence electrons. The minimum absolute atomic E-state index is 0.352. The lowest BCUT2D eigenvalue weighted by Crippen LogP contribution is -2.65. The van der Waals surface area contributed by atoms with Gasteiger partial charge in [-0.25, -0.2) is 0 Å². The number of ether oxygens (including phenoxy) is 1. The molecule has 1 aliphatic rings. The Kier molecular flexibility index (Phi) is 2.94. The summed E-state index contributed by atoms with van der Waals surface area (Å²) in [6, 6.07) is -0.401. The molecule has 1 saturated carbocycles. The number of rotatable bonds is 4. The molecule has 2 atom stereocenters. The van der Waals surface area contributed by atoms with E-state index in [0.717, 1.165) is 0 Å². The van der Waals surface area contributed by atoms with E-state index in [1.165, 1.54) is 0 Å². The number of Topliss-reactive ketones (excluding diaryl/α,β-unsaturated/α-hetero) is 2. The van der Waals surface area contributed by atoms with Crippen LogP contribution < -0.4 is 5.32 Å². The fourth-order valence-electron chi connectivity index (χ4n) is 1.26. The van der Waals surface area contributed by atoms with E-state index in [2.05, 4.69) is 5.32 Å². The van der Waals surface area contributed by atoms with Gasteiger partial charge < -0.3 is 10.1 Å². The zero-order chi connectivity index (χ0) is 9.14. The van der Waals surface area contributed by atoms with Crippen molar-refractivity contribution >= 4 is 11.6 Å². The number of carbonyl (C=O) groups excluding carboxylic acids is 2. The SMILES string of the molecule is CCNC1C(=O)C(=O)C1OCC. The second-order valence-electron chi connectivity index (χ2n) is 2.64. The summed E-state index contributed by atoms with van der Waals surface area (Å²) >= 11 is 0. The van der Waals surface area contributed by atoms with Crippen molar-refractivity contribution in [2.75, 3.05) is 13.2 Å². The van der Waals surface area contributed by atoms with Crippen LogP contribution in [0.25, 0.3) is 0 Å². The van der Waals surface area contributed by atoms with Crippen LogP contribution in [0.3, 0.4) is 0 Å². The van der Waals surface area contributed by atoms with Crippen molar-refractivity contribution in [3.05, 3.63) is 0 Å². The van der Waals surface area contributed by atoms with Crippen LogP contribution in [0.15, 0.2) is 0 Å². The molecule has 0 aromatic heterocycles. The fourth-order valence-corrected chi connectivity index (χ4v) is 1.26. The summed E-state index contributed by atoms with van der Waals surface area (Å²) in [7, 11) is 0. The molecule has 0 aliphatic heterocycles. The number of ketones is 2. The van der Waals surface area contributed by atoms with E-state index in [9.17, 15) is 9.59 Å². The molecule has 0 spiro atoms. The van der Waals surface area contributed by atoms with Crippen molar-refractivity contribution in [1.82, 2.24) is 5.32 Å². The molecule has 4 nitrogen and oxygen atoms in total. The number of carbonyl (C=O) groups is 2. The normalized spacial score (nSPS) is 28.8. The van der Waals surface area contributed by atoms with Crippen LogP contribution in [0.1, 0.15) is 13.8 Å². The molecule has 1 fully saturated rings. The standard InChI is InChI=1S/C8H13NO3/c1-3-9-5-6(10)7(11)8(5)12-4-2/h5,8-9H,3-4H2,1-2H3. The number of hydrogen-bond donors (Lipinski definition) is 1. The summed E-state index contributed by atoms with van der Waals surface area (Å²) in [6.45, 7) is 4.83. The maximum atomic E-state index is 10.9. The Morgan fingerprint density at radius 1 is 1.33 bits per heavy atom. The average molecular weight is 171 g/mol. The Morgan fingerprint density at radius 3 is 2.50 bits per heavy atom. The number of likely N-dealkylation sites (N-methyl/N-ethyl adjacent to an activating group) is 1. The Morgan fingerprint density at radius 2 is 2.00 bits per heavy atom. The first kappa shape index (κ1) is 9.35. The maximum absolute atomic E-state index is 10.9. The monoisotopic (exact) mass is 171 g/mol. The number of nitrogens with one attached hydrogen (secondary N) is 1. The Labute approximate surface area is 71.3 Å². The lowest BCUT2D eigenvalue weighted by Gasteiger charge is -2.32. The van der Waals surface area contributed by atoms with Gasteiger partial charge in [0.2, 0.25) is 11.6 Å². The van der Waals surface area contributed by atoms with E-state index in [1.54, 1.807) is 6.92 Å². The third-order valence-electron chi connectivity index (χ3n) is 1.86. The molecule has 0 aromatic carbocycles. The zero-order valence-corrected chi connectivity index (χ0v) is 7.29. The summed E-state index contributed by atoms with van der Waals surface area (Å²) in [5.41, 5.74) is 0. The first-order chi connectivity index (χ1) is 5.72. The molecule has 1 aliphatic carbocycles. The van der Waals surface area contributed by atoms with Gasteiger partial charge in [-0.2, -0.15) is 0 Å². The Bertz CT molecular complexity index is 180. The van der Waals surface area contributed by atoms with Gasteiger partial charge in [0.15, 0.2) is 0 Å². The van der Waals surface area contributed by atoms with Crippen molar-refractivity contribution in [2.45, 2.75) is 26.0 Å². The highest BCUT2D eigenvalue weighted by molar-refractivity contribution is 6.48. The molecule has 1 N–H and O–H groups in total. The predicted molar refractivity (Wildman–Crippen MR) is 42.9 cm³/mol. The van der Waals surface area contributed by atoms with E-state index in [1.807, 2.05) is 6.92 Å². The largest absolute Gasteiger partial charge is 0.368 e. The minimum Gasteiger partial charge on any atom is -0.368 e. The van der Waals surface area contributed by atoms with Crippen LogP contribution in [0.4, 0.5) is 0 Å². The highest BCUT2D eigenvalue weighted by Crippen LogP contribution is 2.15. The zero-order valence-electron chi connectivity index (χ0n) is 7.29. The molecule has 12 heavy (non-hydrogen) atoms. The first-order valence-corrected chi connectivity index (χ1v) is 4.15. The van der Waals surface area contributed by atoms with Gasteiger partial charge in [-0.1, -0.05) is 6.92 Å². The van der Waals surface area contributed by atoms with Gasteiger partial charge in [0.25, 0.3) is 0 Å². The van der Waals surface area contributed by atoms with Gasteiger partial charge in [-0.15, -0.1) is 0 Å². The fraction of sp³-hybridized carbons (Fsp3) is 0.750. The third kappa shape index (κ3) is 1.40. The van der Waals surface area contributed by atoms with Crippen LogP contribution in [-0.2, 0) is 14.3 Å². The maximum Gasteiger partial charge on any atom is 0.230 e. The first-order valence-electron chi connectivity index (χ1n) is 4.15. The van der Waals surface area contributed by atoms with Crippen molar-refractivity contribution < 1.29 is 14.3 Å². The molecule has 0 heterocycles. The van der Waals surface area contributed by atoms with Crippen LogP contribution in [-0.4, -0.2) is 36.9 Å². The van der Waals surface area contributed by atoms with Gasteiger partial charge in [0, 0.05) is 6.61 Å². The molecular weight excluding hydrogens is 158 g/mol. The molecule has 0 saturated heterocycles. The molecular formula is C8H13NO3. The second kappa shape index (κ2) is 3.78. The van der Waals surface area contributed by atoms with E-state index in [-0.39, 0.29) is 5.78 Å². The van der Waals surface area contributed by atoms with Crippen LogP contribution in [0.2, 0.25) is 0 Å².